The molecule has 0 saturated heterocycles. The van der Waals surface area contributed by atoms with Crippen molar-refractivity contribution in [2.45, 2.75) is 55.4 Å². The number of benzene rings is 7. The number of rotatable bonds is 11. The van der Waals surface area contributed by atoms with Gasteiger partial charge < -0.3 is 76.7 Å². The van der Waals surface area contributed by atoms with Crippen molar-refractivity contribution in [1.29, 1.82) is 0 Å². The van der Waals surface area contributed by atoms with Crippen LogP contribution in [0.25, 0.3) is 172 Å². The van der Waals surface area contributed by atoms with Gasteiger partial charge in [0.15, 0.2) is 0 Å². The number of hydrogen-bond acceptors (Lipinski definition) is 16. The Hall–Kier alpha value is -12.5. The van der Waals surface area contributed by atoms with E-state index in [1.807, 2.05) is 140 Å². The number of fused-ring (bicyclic) bond motifs is 5. The summed E-state index contributed by atoms with van der Waals surface area (Å²) in [6.07, 6.45) is 25.8. The van der Waals surface area contributed by atoms with Gasteiger partial charge >= 0.3 is 0 Å². The molecule has 0 aliphatic rings. The Balaban J connectivity index is 0.000000178. The predicted octanol–water partition coefficient (Wildman–Crippen LogP) is 27.9. The smallest absolute Gasteiger partial charge is 0.150 e. The second kappa shape index (κ2) is 52.2. The quantitative estimate of drug-likeness (QED) is 0.110. The van der Waals surface area contributed by atoms with E-state index < -0.39 is 0 Å². The van der Waals surface area contributed by atoms with Crippen LogP contribution in [0.5, 0.6) is 5.75 Å². The molecular formula is C112H81FIr7N11O6-7. The van der Waals surface area contributed by atoms with Crippen LogP contribution >= 0.6 is 0 Å². The number of ether oxygens (including phenoxy) is 1. The molecule has 0 spiro atoms. The van der Waals surface area contributed by atoms with Crippen LogP contribution in [0.15, 0.2) is 352 Å². The standard InChI is InChI=1S/C20H15N2O.2C19H17N2.C14H7N2O.C14H10NO2.C13H7FNO.C13H8NO.7Ir/c1-13-5-3-6-14(2)19(13)20-16(7-4-9-21-20)17-11-15-8-10-23-18(15)12-22-17;2*1-13-9-11-20-17(12-13)16-8-5-10-21-19(16)18-14(2)6-4-7-15(18)3;1-15-12-4-2-3-10(7-12)13-8-11-5-6-17-14(11)9-16-13;1-16-12-4-2-10(3-5-12)13-8-11-6-7-17-14(11)9-15-13;14-11-3-1-9(2-4-11)12-7-10-5-6-16-13(10)8-15-12;1-2-4-10(5-3-1)12-8-11-6-7-15-13(11)9-14-12;;;;;;;/h3-6,8-12H,1-2H3;2*4-7,9-12H,1-3H3;2,4-9H;2,4-9H,1H3;1,3-8H;1-4,6-9H;;;;;;;/q7*-1;;;;;;;. The third-order valence-electron chi connectivity index (χ3n) is 21.2. The number of halogens is 1. The summed E-state index contributed by atoms with van der Waals surface area (Å²) in [7, 11) is 1.64. The molecule has 0 unspecified atom stereocenters. The SMILES string of the molecule is COc1c[c-]c(-c2cc3ccoc3cn2)cc1.Cc1cccc(C)c1-c1ncc[c-]c1-c1cc2ccoc2cn1.Cc1ccnc(-c2[c-]ccnc2-c2c(C)cccc2C)c1.Cc1ccnc(-c2[c-]ccnc2-c2c(C)cccc2C)c1.Fc1c[c-]c(-c2cc3ccoc3cn2)cc1.[C-]#[N+]c1cc[c-]c(-c2cc3ccoc3cn2)c1.[Ir].[Ir].[Ir].[Ir].[Ir].[Ir].[Ir].[c-]1ccccc1-c1cc2ccoc2cn1. The zero-order valence-corrected chi connectivity index (χ0v) is 91.5. The first-order chi connectivity index (χ1) is 63.6. The number of aromatic nitrogens is 10. The van der Waals surface area contributed by atoms with Gasteiger partial charge in [0.05, 0.1) is 76.0 Å². The molecule has 0 aliphatic carbocycles. The van der Waals surface area contributed by atoms with Crippen LogP contribution in [0.1, 0.15) is 44.5 Å². The fraction of sp³-hybridized carbons (Fsp3) is 0.0804. The van der Waals surface area contributed by atoms with Gasteiger partial charge in [-0.2, -0.15) is 6.07 Å². The van der Waals surface area contributed by atoms with Crippen molar-refractivity contribution in [2.24, 2.45) is 0 Å². The van der Waals surface area contributed by atoms with E-state index in [2.05, 4.69) is 219 Å². The van der Waals surface area contributed by atoms with Crippen LogP contribution in [0.3, 0.4) is 0 Å². The molecule has 137 heavy (non-hydrogen) atoms. The van der Waals surface area contributed by atoms with E-state index in [1.54, 1.807) is 118 Å². The Morgan fingerprint density at radius 1 is 0.292 bits per heavy atom. The molecule has 0 fully saturated rings. The topological polar surface area (TPSA) is 208 Å². The third kappa shape index (κ3) is 27.1. The van der Waals surface area contributed by atoms with E-state index in [1.165, 1.54) is 67.8 Å². The maximum Gasteiger partial charge on any atom is 0.150 e. The summed E-state index contributed by atoms with van der Waals surface area (Å²) in [5.74, 6) is 0.492. The summed E-state index contributed by atoms with van der Waals surface area (Å²) < 4.78 is 44.1. The van der Waals surface area contributed by atoms with Crippen LogP contribution in [-0.2, 0) is 141 Å². The van der Waals surface area contributed by atoms with Crippen LogP contribution in [0, 0.1) is 110 Å². The van der Waals surface area contributed by atoms with E-state index in [9.17, 15) is 4.39 Å². The molecule has 0 atom stereocenters. The number of pyridine rings is 10. The Bertz CT molecular complexity index is 7550. The van der Waals surface area contributed by atoms with Crippen LogP contribution in [-0.4, -0.2) is 56.9 Å². The average Bonchev–Trinajstić information content (AvgIpc) is 1.59. The Kier molecular flexibility index (Phi) is 41.2. The first kappa shape index (κ1) is 108. The van der Waals surface area contributed by atoms with Gasteiger partial charge in [-0.15, -0.1) is 156 Å². The van der Waals surface area contributed by atoms with Crippen LogP contribution in [0.2, 0.25) is 0 Å². The molecule has 7 aromatic carbocycles. The van der Waals surface area contributed by atoms with Gasteiger partial charge in [-0.3, -0.25) is 9.24 Å². The Labute approximate surface area is 888 Å². The summed E-state index contributed by atoms with van der Waals surface area (Å²) in [6, 6.07) is 97.1. The molecule has 17 nitrogen and oxygen atoms in total. The number of furan rings is 5. The predicted molar refractivity (Wildman–Crippen MR) is 509 cm³/mol. The molecule has 15 heterocycles. The molecule has 0 bridgehead atoms. The van der Waals surface area contributed by atoms with Gasteiger partial charge in [-0.25, -0.2) is 0 Å². The van der Waals surface area contributed by atoms with Crippen molar-refractivity contribution < 1.29 is 172 Å². The van der Waals surface area contributed by atoms with E-state index in [-0.39, 0.29) is 147 Å². The van der Waals surface area contributed by atoms with E-state index in [0.717, 1.165) is 162 Å². The van der Waals surface area contributed by atoms with Crippen molar-refractivity contribution >= 4 is 60.5 Å². The minimum Gasteiger partial charge on any atom is -0.540 e. The Morgan fingerprint density at radius 3 is 0.956 bits per heavy atom. The molecule has 0 saturated carbocycles. The fourth-order valence-electron chi connectivity index (χ4n) is 14.7. The van der Waals surface area contributed by atoms with E-state index in [4.69, 9.17) is 33.4 Å². The first-order valence-electron chi connectivity index (χ1n) is 41.5. The summed E-state index contributed by atoms with van der Waals surface area (Å²) in [6.45, 7) is 23.8. The van der Waals surface area contributed by atoms with E-state index in [0.29, 0.717) is 5.69 Å². The van der Waals surface area contributed by atoms with Gasteiger partial charge in [0.2, 0.25) is 0 Å². The minimum absolute atomic E-state index is 0. The van der Waals surface area contributed by atoms with Crippen molar-refractivity contribution in [1.82, 2.24) is 49.8 Å². The average molecular weight is 3040 g/mol. The number of hydrogen-bond donors (Lipinski definition) is 0. The first-order valence-corrected chi connectivity index (χ1v) is 41.5. The van der Waals surface area contributed by atoms with Gasteiger partial charge in [-0.05, 0) is 171 Å². The van der Waals surface area contributed by atoms with Crippen molar-refractivity contribution in [3.05, 3.63) is 434 Å². The minimum atomic E-state index is -0.298. The van der Waals surface area contributed by atoms with Crippen LogP contribution < -0.4 is 4.74 Å². The molecule has 697 valence electrons. The van der Waals surface area contributed by atoms with Crippen LogP contribution in [0.4, 0.5) is 10.1 Å². The van der Waals surface area contributed by atoms with E-state index >= 15 is 0 Å². The molecule has 0 aliphatic heterocycles. The summed E-state index contributed by atoms with van der Waals surface area (Å²) in [5.41, 5.74) is 32.8. The third-order valence-corrected chi connectivity index (χ3v) is 21.2. The molecule has 0 amide bonds. The summed E-state index contributed by atoms with van der Waals surface area (Å²) in [5, 5.41) is 5.11. The van der Waals surface area contributed by atoms with Crippen molar-refractivity contribution in [2.75, 3.05) is 7.11 Å². The largest absolute Gasteiger partial charge is 0.540 e. The zero-order valence-electron chi connectivity index (χ0n) is 74.8. The van der Waals surface area contributed by atoms with Crippen molar-refractivity contribution in [3.8, 4) is 118 Å². The van der Waals surface area contributed by atoms with Gasteiger partial charge in [0, 0.05) is 192 Å². The summed E-state index contributed by atoms with van der Waals surface area (Å²) >= 11 is 0. The fourth-order valence-corrected chi connectivity index (χ4v) is 14.7. The molecule has 25 heteroatoms. The Morgan fingerprint density at radius 2 is 0.628 bits per heavy atom. The van der Waals surface area contributed by atoms with Gasteiger partial charge in [0.1, 0.15) is 33.6 Å². The normalized spacial score (nSPS) is 10.1. The summed E-state index contributed by atoms with van der Waals surface area (Å²) in [4.78, 5) is 47.9. The number of aryl methyl sites for hydroxylation is 8. The monoisotopic (exact) mass is 3050 g/mol. The maximum atomic E-state index is 12.7. The number of methoxy groups -OCH3 is 1. The molecule has 22 rings (SSSR count). The zero-order chi connectivity index (χ0) is 89.8. The molecule has 22 aromatic rings. The van der Waals surface area contributed by atoms with Gasteiger partial charge in [0.25, 0.3) is 0 Å². The molecule has 0 N–H and O–H groups in total. The molecule has 15 aromatic heterocycles. The molecule has 7 radical (unpaired) electrons. The number of nitrogens with zero attached hydrogens (tertiary/aromatic N) is 11. The second-order valence-corrected chi connectivity index (χ2v) is 30.2. The van der Waals surface area contributed by atoms with Gasteiger partial charge in [-0.1, -0.05) is 177 Å². The second-order valence-electron chi connectivity index (χ2n) is 30.2. The maximum absolute atomic E-state index is 12.7. The molecular weight excluding hydrogens is 2960 g/mol. The van der Waals surface area contributed by atoms with Crippen molar-refractivity contribution in [3.63, 3.8) is 0 Å².